The molecule has 0 spiro atoms. The largest absolute Gasteiger partial charge is 0.492 e. The molecule has 5 N–H and O–H groups in total. The van der Waals surface area contributed by atoms with Crippen LogP contribution in [0, 0.1) is 0 Å². The van der Waals surface area contributed by atoms with Crippen LogP contribution in [0.15, 0.2) is 54.6 Å². The lowest BCUT2D eigenvalue weighted by atomic mass is 10.0. The van der Waals surface area contributed by atoms with Gasteiger partial charge in [0.1, 0.15) is 24.1 Å². The molecule has 12 nitrogen and oxygen atoms in total. The Balaban J connectivity index is 2.01. The van der Waals surface area contributed by atoms with Crippen molar-refractivity contribution < 1.29 is 48.8 Å². The number of hydrogen-bond acceptors (Lipinski definition) is 7. The van der Waals surface area contributed by atoms with Crippen molar-refractivity contribution in [2.75, 3.05) is 13.2 Å². The highest BCUT2D eigenvalue weighted by Crippen LogP contribution is 2.16. The van der Waals surface area contributed by atoms with Crippen molar-refractivity contribution in [3.05, 3.63) is 60.2 Å². The van der Waals surface area contributed by atoms with E-state index in [0.29, 0.717) is 11.3 Å². The molecule has 192 valence electrons. The first kappa shape index (κ1) is 27.6. The van der Waals surface area contributed by atoms with Gasteiger partial charge in [-0.05, 0) is 29.8 Å². The molecule has 0 saturated carbocycles. The fourth-order valence-corrected chi connectivity index (χ4v) is 2.96. The van der Waals surface area contributed by atoms with Gasteiger partial charge in [-0.3, -0.25) is 14.4 Å². The SMILES string of the molecule is O=C(O)CCC(=O)NC(Cc1ccc(OC(C(=O)O)C(=O)O)cc1)C(=O)NCCOc1ccccc1. The summed E-state index contributed by atoms with van der Waals surface area (Å²) in [4.78, 5) is 57.6. The molecule has 1 unspecified atom stereocenters. The molecule has 1 atom stereocenters. The van der Waals surface area contributed by atoms with E-state index in [1.807, 2.05) is 6.07 Å². The van der Waals surface area contributed by atoms with E-state index in [1.165, 1.54) is 24.3 Å². The zero-order chi connectivity index (χ0) is 26.5. The van der Waals surface area contributed by atoms with Gasteiger partial charge < -0.3 is 35.4 Å². The number of carbonyl (C=O) groups is 5. The summed E-state index contributed by atoms with van der Waals surface area (Å²) < 4.78 is 10.5. The Morgan fingerprint density at radius 1 is 0.806 bits per heavy atom. The Kier molecular flexibility index (Phi) is 10.7. The number of carbonyl (C=O) groups excluding carboxylic acids is 2. The molecule has 0 saturated heterocycles. The summed E-state index contributed by atoms with van der Waals surface area (Å²) in [6, 6.07) is 13.6. The molecule has 0 bridgehead atoms. The third-order valence-corrected chi connectivity index (χ3v) is 4.70. The van der Waals surface area contributed by atoms with Crippen molar-refractivity contribution in [3.8, 4) is 11.5 Å². The van der Waals surface area contributed by atoms with Crippen molar-refractivity contribution in [2.45, 2.75) is 31.4 Å². The number of para-hydroxylation sites is 1. The van der Waals surface area contributed by atoms with E-state index in [4.69, 9.17) is 24.8 Å². The number of carboxylic acid groups (broad SMARTS) is 3. The summed E-state index contributed by atoms with van der Waals surface area (Å²) >= 11 is 0. The average Bonchev–Trinajstić information content (AvgIpc) is 2.84. The second-order valence-electron chi connectivity index (χ2n) is 7.49. The second-order valence-corrected chi connectivity index (χ2v) is 7.49. The smallest absolute Gasteiger partial charge is 0.356 e. The van der Waals surface area contributed by atoms with Crippen LogP contribution in [0.1, 0.15) is 18.4 Å². The summed E-state index contributed by atoms with van der Waals surface area (Å²) in [7, 11) is 0. The number of hydrogen-bond donors (Lipinski definition) is 5. The Morgan fingerprint density at radius 3 is 2.03 bits per heavy atom. The Hall–Kier alpha value is -4.61. The summed E-state index contributed by atoms with van der Waals surface area (Å²) in [6.45, 7) is 0.323. The summed E-state index contributed by atoms with van der Waals surface area (Å²) in [5.74, 6) is -5.01. The van der Waals surface area contributed by atoms with Gasteiger partial charge in [0.25, 0.3) is 6.10 Å². The maximum atomic E-state index is 12.7. The van der Waals surface area contributed by atoms with Crippen molar-refractivity contribution in [1.29, 1.82) is 0 Å². The average molecular weight is 502 g/mol. The Bertz CT molecular complexity index is 1040. The van der Waals surface area contributed by atoms with Crippen LogP contribution in [0.5, 0.6) is 11.5 Å². The lowest BCUT2D eigenvalue weighted by molar-refractivity contribution is -0.159. The van der Waals surface area contributed by atoms with Gasteiger partial charge in [-0.15, -0.1) is 0 Å². The highest BCUT2D eigenvalue weighted by atomic mass is 16.5. The number of carboxylic acids is 3. The first-order valence-electron chi connectivity index (χ1n) is 10.8. The van der Waals surface area contributed by atoms with Crippen molar-refractivity contribution in [3.63, 3.8) is 0 Å². The topological polar surface area (TPSA) is 189 Å². The van der Waals surface area contributed by atoms with Crippen molar-refractivity contribution in [2.24, 2.45) is 0 Å². The van der Waals surface area contributed by atoms with Gasteiger partial charge in [0.15, 0.2) is 0 Å². The molecule has 36 heavy (non-hydrogen) atoms. The number of nitrogens with one attached hydrogen (secondary N) is 2. The van der Waals surface area contributed by atoms with Crippen LogP contribution in [-0.4, -0.2) is 70.3 Å². The van der Waals surface area contributed by atoms with Gasteiger partial charge in [-0.25, -0.2) is 9.59 Å². The highest BCUT2D eigenvalue weighted by Gasteiger charge is 2.28. The number of ether oxygens (including phenoxy) is 2. The molecule has 0 radical (unpaired) electrons. The normalized spacial score (nSPS) is 11.2. The minimum absolute atomic E-state index is 0.0156. The van der Waals surface area contributed by atoms with Gasteiger partial charge in [-0.1, -0.05) is 30.3 Å². The molecule has 0 heterocycles. The molecule has 0 aromatic heterocycles. The van der Waals surface area contributed by atoms with Crippen LogP contribution in [0.25, 0.3) is 0 Å². The number of benzene rings is 2. The zero-order valence-corrected chi connectivity index (χ0v) is 19.1. The van der Waals surface area contributed by atoms with Crippen LogP contribution in [0.2, 0.25) is 0 Å². The van der Waals surface area contributed by atoms with Crippen LogP contribution < -0.4 is 20.1 Å². The molecule has 2 aromatic rings. The summed E-state index contributed by atoms with van der Waals surface area (Å²) in [5.41, 5.74) is 0.545. The molecule has 0 aliphatic rings. The molecule has 0 fully saturated rings. The van der Waals surface area contributed by atoms with Gasteiger partial charge in [-0.2, -0.15) is 0 Å². The third kappa shape index (κ3) is 9.71. The molecular weight excluding hydrogens is 476 g/mol. The van der Waals surface area contributed by atoms with Crippen molar-refractivity contribution >= 4 is 29.7 Å². The van der Waals surface area contributed by atoms with Gasteiger partial charge in [0.2, 0.25) is 11.8 Å². The van der Waals surface area contributed by atoms with E-state index in [9.17, 15) is 24.0 Å². The van der Waals surface area contributed by atoms with E-state index >= 15 is 0 Å². The molecule has 2 rings (SSSR count). The lowest BCUT2D eigenvalue weighted by Gasteiger charge is -2.19. The monoisotopic (exact) mass is 502 g/mol. The second kappa shape index (κ2) is 13.9. The maximum absolute atomic E-state index is 12.7. The zero-order valence-electron chi connectivity index (χ0n) is 19.1. The van der Waals surface area contributed by atoms with E-state index in [1.54, 1.807) is 24.3 Å². The fraction of sp³-hybridized carbons (Fsp3) is 0.292. The van der Waals surface area contributed by atoms with E-state index in [-0.39, 0.29) is 31.7 Å². The van der Waals surface area contributed by atoms with Gasteiger partial charge in [0, 0.05) is 12.8 Å². The van der Waals surface area contributed by atoms with Crippen LogP contribution in [0.3, 0.4) is 0 Å². The molecule has 2 amide bonds. The lowest BCUT2D eigenvalue weighted by Crippen LogP contribution is -2.48. The minimum Gasteiger partial charge on any atom is -0.492 e. The van der Waals surface area contributed by atoms with Gasteiger partial charge >= 0.3 is 17.9 Å². The molecule has 0 aliphatic carbocycles. The standard InChI is InChI=1S/C24H26N2O10/c27-19(10-11-20(28)29)26-18(22(30)25-12-13-35-16-4-2-1-3-5-16)14-15-6-8-17(9-7-15)36-21(23(31)32)24(33)34/h1-9,18,21H,10-14H2,(H,25,30)(H,26,27)(H,28,29)(H,31,32)(H,33,34). The van der Waals surface area contributed by atoms with Gasteiger partial charge in [0.05, 0.1) is 13.0 Å². The van der Waals surface area contributed by atoms with Crippen LogP contribution >= 0.6 is 0 Å². The van der Waals surface area contributed by atoms with E-state index in [0.717, 1.165) is 0 Å². The number of aliphatic carboxylic acids is 3. The molecule has 2 aromatic carbocycles. The quantitative estimate of drug-likeness (QED) is 0.171. The summed E-state index contributed by atoms with van der Waals surface area (Å²) in [6.07, 6.45) is -2.77. The Labute approximate surface area is 205 Å². The highest BCUT2D eigenvalue weighted by molar-refractivity contribution is 5.96. The van der Waals surface area contributed by atoms with Crippen molar-refractivity contribution in [1.82, 2.24) is 10.6 Å². The predicted molar refractivity (Wildman–Crippen MR) is 124 cm³/mol. The third-order valence-electron chi connectivity index (χ3n) is 4.70. The number of amides is 2. The molecule has 12 heteroatoms. The first-order chi connectivity index (χ1) is 17.2. The minimum atomic E-state index is -2.08. The van der Waals surface area contributed by atoms with E-state index < -0.39 is 48.3 Å². The summed E-state index contributed by atoms with van der Waals surface area (Å²) in [5, 5.41) is 31.8. The molecular formula is C24H26N2O10. The molecule has 0 aliphatic heterocycles. The fourth-order valence-electron chi connectivity index (χ4n) is 2.96. The maximum Gasteiger partial charge on any atom is 0.356 e. The first-order valence-corrected chi connectivity index (χ1v) is 10.8. The van der Waals surface area contributed by atoms with Crippen LogP contribution in [0.4, 0.5) is 0 Å². The van der Waals surface area contributed by atoms with Crippen LogP contribution in [-0.2, 0) is 30.4 Å². The Morgan fingerprint density at radius 2 is 1.44 bits per heavy atom. The predicted octanol–water partition coefficient (Wildman–Crippen LogP) is 0.691. The van der Waals surface area contributed by atoms with E-state index in [2.05, 4.69) is 10.6 Å². The number of rotatable bonds is 15.